The van der Waals surface area contributed by atoms with Gasteiger partial charge in [0.25, 0.3) is 0 Å². The Balaban J connectivity index is 0.000000283. The van der Waals surface area contributed by atoms with E-state index in [1.165, 1.54) is 6.92 Å². The Morgan fingerprint density at radius 2 is 1.64 bits per heavy atom. The quantitative estimate of drug-likeness (QED) is 0.476. The maximum Gasteiger partial charge on any atom is 0.415 e. The second kappa shape index (κ2) is 10.1. The number of ether oxygens (including phenoxy) is 4. The number of carbonyl (C=O) groups is 2. The summed E-state index contributed by atoms with van der Waals surface area (Å²) in [5.41, 5.74) is 0.691. The molecule has 2 rings (SSSR count). The van der Waals surface area contributed by atoms with E-state index >= 15 is 0 Å². The highest BCUT2D eigenvalue weighted by atomic mass is 19.4. The Labute approximate surface area is 162 Å². The maximum atomic E-state index is 12.2. The summed E-state index contributed by atoms with van der Waals surface area (Å²) in [6, 6.07) is 0. The first-order valence-electron chi connectivity index (χ1n) is 8.83. The van der Waals surface area contributed by atoms with Crippen LogP contribution in [-0.4, -0.2) is 57.3 Å². The zero-order chi connectivity index (χ0) is 21.5. The van der Waals surface area contributed by atoms with Crippen LogP contribution in [-0.2, 0) is 28.5 Å². The highest BCUT2D eigenvalue weighted by molar-refractivity contribution is 5.87. The molecule has 160 valence electrons. The molecule has 6 nitrogen and oxygen atoms in total. The highest BCUT2D eigenvalue weighted by Crippen LogP contribution is 2.35. The van der Waals surface area contributed by atoms with E-state index in [-0.39, 0.29) is 30.2 Å². The van der Waals surface area contributed by atoms with Gasteiger partial charge >= 0.3 is 18.1 Å². The molecule has 2 fully saturated rings. The third-order valence-electron chi connectivity index (χ3n) is 4.44. The number of hydrogen-bond acceptors (Lipinski definition) is 6. The van der Waals surface area contributed by atoms with Gasteiger partial charge in [0.15, 0.2) is 6.10 Å². The molecule has 0 aromatic rings. The first kappa shape index (κ1) is 24.2. The third kappa shape index (κ3) is 6.94. The van der Waals surface area contributed by atoms with Gasteiger partial charge in [0.2, 0.25) is 0 Å². The lowest BCUT2D eigenvalue weighted by Crippen LogP contribution is -2.51. The molecule has 28 heavy (non-hydrogen) atoms. The van der Waals surface area contributed by atoms with Crippen LogP contribution in [0.25, 0.3) is 0 Å². The van der Waals surface area contributed by atoms with E-state index in [2.05, 4.69) is 29.6 Å². The van der Waals surface area contributed by atoms with Gasteiger partial charge in [0.1, 0.15) is 6.61 Å². The monoisotopic (exact) mass is 408 g/mol. The van der Waals surface area contributed by atoms with Gasteiger partial charge in [-0.3, -0.25) is 0 Å². The minimum absolute atomic E-state index is 0.0341. The molecule has 0 aromatic carbocycles. The summed E-state index contributed by atoms with van der Waals surface area (Å²) in [5.74, 6) is -1.78. The van der Waals surface area contributed by atoms with E-state index < -0.39 is 24.2 Å². The molecule has 0 bridgehead atoms. The van der Waals surface area contributed by atoms with Crippen molar-refractivity contribution in [1.82, 2.24) is 0 Å². The number of alkyl halides is 3. The van der Waals surface area contributed by atoms with Gasteiger partial charge in [0, 0.05) is 11.1 Å². The number of hydrogen-bond donors (Lipinski definition) is 0. The van der Waals surface area contributed by atoms with Crippen molar-refractivity contribution in [3.05, 3.63) is 24.3 Å². The second-order valence-corrected chi connectivity index (χ2v) is 7.14. The number of rotatable bonds is 7. The normalized spacial score (nSPS) is 22.5. The van der Waals surface area contributed by atoms with Crippen molar-refractivity contribution in [3.8, 4) is 0 Å². The highest BCUT2D eigenvalue weighted by Gasteiger charge is 2.52. The van der Waals surface area contributed by atoms with Crippen LogP contribution in [0.2, 0.25) is 0 Å². The van der Waals surface area contributed by atoms with Crippen LogP contribution in [0.1, 0.15) is 27.2 Å². The zero-order valence-corrected chi connectivity index (χ0v) is 16.4. The second-order valence-electron chi connectivity index (χ2n) is 7.14. The van der Waals surface area contributed by atoms with Gasteiger partial charge in [-0.05, 0) is 20.3 Å². The molecule has 9 heteroatoms. The zero-order valence-electron chi connectivity index (χ0n) is 16.4. The molecule has 0 radical (unpaired) electrons. The van der Waals surface area contributed by atoms with E-state index in [0.717, 1.165) is 6.42 Å². The molecule has 2 heterocycles. The molecule has 0 amide bonds. The summed E-state index contributed by atoms with van der Waals surface area (Å²) in [7, 11) is 0. The van der Waals surface area contributed by atoms with Gasteiger partial charge in [-0.1, -0.05) is 20.1 Å². The van der Waals surface area contributed by atoms with Gasteiger partial charge in [-0.2, -0.15) is 13.2 Å². The van der Waals surface area contributed by atoms with Crippen molar-refractivity contribution in [2.45, 2.75) is 39.5 Å². The smallest absolute Gasteiger partial charge is 0.415 e. The van der Waals surface area contributed by atoms with Crippen molar-refractivity contribution >= 4 is 11.9 Å². The molecule has 2 saturated heterocycles. The molecular formula is C19H27F3O6. The summed E-state index contributed by atoms with van der Waals surface area (Å²) >= 11 is 0. The summed E-state index contributed by atoms with van der Waals surface area (Å²) in [5, 5.41) is 0. The Kier molecular flexibility index (Phi) is 8.69. The summed E-state index contributed by atoms with van der Waals surface area (Å²) in [6.07, 6.45) is -5.22. The van der Waals surface area contributed by atoms with E-state index in [4.69, 9.17) is 9.47 Å². The van der Waals surface area contributed by atoms with Crippen LogP contribution in [0.3, 0.4) is 0 Å². The summed E-state index contributed by atoms with van der Waals surface area (Å²) in [6.45, 7) is 13.5. The lowest BCUT2D eigenvalue weighted by molar-refractivity contribution is -0.293. The predicted octanol–water partition coefficient (Wildman–Crippen LogP) is 3.22. The van der Waals surface area contributed by atoms with Crippen molar-refractivity contribution in [3.63, 3.8) is 0 Å². The summed E-state index contributed by atoms with van der Waals surface area (Å²) < 4.78 is 55.6. The first-order chi connectivity index (χ1) is 12.9. The molecule has 2 atom stereocenters. The molecule has 0 N–H and O–H groups in total. The third-order valence-corrected chi connectivity index (χ3v) is 4.44. The number of esters is 2. The lowest BCUT2D eigenvalue weighted by atomic mass is 9.84. The van der Waals surface area contributed by atoms with Crippen molar-refractivity contribution in [2.75, 3.05) is 33.0 Å². The van der Waals surface area contributed by atoms with E-state index in [1.54, 1.807) is 6.92 Å². The SMILES string of the molecule is C=C(C)C(=O)OCC1(CC)COC1.C=C(C)C(=O)OCC1COC1C(F)(F)F. The maximum absolute atomic E-state index is 12.2. The van der Waals surface area contributed by atoms with E-state index in [0.29, 0.717) is 25.4 Å². The molecule has 0 saturated carbocycles. The molecule has 2 unspecified atom stereocenters. The predicted molar refractivity (Wildman–Crippen MR) is 94.4 cm³/mol. The Morgan fingerprint density at radius 3 is 1.96 bits per heavy atom. The molecule has 0 aliphatic carbocycles. The average molecular weight is 408 g/mol. The molecule has 0 aromatic heterocycles. The summed E-state index contributed by atoms with van der Waals surface area (Å²) in [4.78, 5) is 22.0. The molecule has 2 aliphatic heterocycles. The Bertz CT molecular complexity index is 589. The van der Waals surface area contributed by atoms with Gasteiger partial charge < -0.3 is 18.9 Å². The first-order valence-corrected chi connectivity index (χ1v) is 8.83. The fraction of sp³-hybridized carbons (Fsp3) is 0.684. The fourth-order valence-corrected chi connectivity index (χ4v) is 2.25. The number of halogens is 3. The van der Waals surface area contributed by atoms with E-state index in [1.807, 2.05) is 0 Å². The van der Waals surface area contributed by atoms with Crippen LogP contribution in [0.4, 0.5) is 13.2 Å². The van der Waals surface area contributed by atoms with Gasteiger partial charge in [0.05, 0.1) is 37.8 Å². The van der Waals surface area contributed by atoms with Crippen LogP contribution < -0.4 is 0 Å². The number of carbonyl (C=O) groups excluding carboxylic acids is 2. The topological polar surface area (TPSA) is 71.1 Å². The van der Waals surface area contributed by atoms with Crippen molar-refractivity contribution in [1.29, 1.82) is 0 Å². The van der Waals surface area contributed by atoms with Crippen LogP contribution in [0, 0.1) is 11.3 Å². The standard InChI is InChI=1S/C10H16O3.C9H11F3O3/c1-4-10(5-12-6-10)7-13-9(11)8(2)3;1-5(2)8(13)15-4-6-3-14-7(6)9(10,11)12/h2,4-7H2,1,3H3;6-7H,1,3-4H2,2H3. The Hall–Kier alpha value is -1.87. The molecule has 2 aliphatic rings. The van der Waals surface area contributed by atoms with Crippen LogP contribution >= 0.6 is 0 Å². The average Bonchev–Trinajstić information content (AvgIpc) is 2.51. The Morgan fingerprint density at radius 1 is 1.11 bits per heavy atom. The van der Waals surface area contributed by atoms with Gasteiger partial charge in [-0.25, -0.2) is 9.59 Å². The van der Waals surface area contributed by atoms with E-state index in [9.17, 15) is 22.8 Å². The van der Waals surface area contributed by atoms with Crippen molar-refractivity contribution in [2.24, 2.45) is 11.3 Å². The molecule has 0 spiro atoms. The molecular weight excluding hydrogens is 381 g/mol. The fourth-order valence-electron chi connectivity index (χ4n) is 2.25. The minimum atomic E-state index is -4.39. The largest absolute Gasteiger partial charge is 0.462 e. The van der Waals surface area contributed by atoms with Crippen molar-refractivity contribution < 1.29 is 41.7 Å². The van der Waals surface area contributed by atoms with Gasteiger partial charge in [-0.15, -0.1) is 0 Å². The lowest BCUT2D eigenvalue weighted by Gasteiger charge is -2.39. The van der Waals surface area contributed by atoms with Crippen LogP contribution in [0.15, 0.2) is 24.3 Å². The van der Waals surface area contributed by atoms with Crippen LogP contribution in [0.5, 0.6) is 0 Å². The minimum Gasteiger partial charge on any atom is -0.462 e.